The van der Waals surface area contributed by atoms with E-state index in [1.807, 2.05) is 25.1 Å². The van der Waals surface area contributed by atoms with Crippen LogP contribution in [0.3, 0.4) is 0 Å². The molecule has 3 rings (SSSR count). The Morgan fingerprint density at radius 3 is 2.69 bits per heavy atom. The monoisotopic (exact) mass is 388 g/mol. The third-order valence-electron chi connectivity index (χ3n) is 3.78. The van der Waals surface area contributed by atoms with Crippen molar-refractivity contribution in [3.05, 3.63) is 58.7 Å². The Morgan fingerprint density at radius 2 is 2.00 bits per heavy atom. The fourth-order valence-electron chi connectivity index (χ4n) is 2.68. The zero-order valence-electron chi connectivity index (χ0n) is 14.3. The SMILES string of the molecule is CCOc1cccc(/C=C2\NC(=S)N(c3ccccc3Cl)C2=O)c1OC. The van der Waals surface area contributed by atoms with Crippen LogP contribution in [0.25, 0.3) is 6.08 Å². The van der Waals surface area contributed by atoms with Crippen LogP contribution in [0.1, 0.15) is 12.5 Å². The molecule has 1 saturated heterocycles. The summed E-state index contributed by atoms with van der Waals surface area (Å²) in [5, 5.41) is 3.66. The van der Waals surface area contributed by atoms with Gasteiger partial charge in [0.1, 0.15) is 5.70 Å². The van der Waals surface area contributed by atoms with Crippen LogP contribution in [-0.4, -0.2) is 24.7 Å². The number of carbonyl (C=O) groups is 1. The second-order valence-corrected chi connectivity index (χ2v) is 6.19. The summed E-state index contributed by atoms with van der Waals surface area (Å²) in [6, 6.07) is 12.5. The fourth-order valence-corrected chi connectivity index (χ4v) is 3.19. The van der Waals surface area contributed by atoms with E-state index in [0.29, 0.717) is 40.1 Å². The molecule has 0 aliphatic carbocycles. The number of halogens is 1. The highest BCUT2D eigenvalue weighted by atomic mass is 35.5. The van der Waals surface area contributed by atoms with Gasteiger partial charge in [0, 0.05) is 5.56 Å². The van der Waals surface area contributed by atoms with Gasteiger partial charge in [0.05, 0.1) is 24.4 Å². The number of nitrogens with one attached hydrogen (secondary N) is 1. The summed E-state index contributed by atoms with van der Waals surface area (Å²) in [4.78, 5) is 14.2. The summed E-state index contributed by atoms with van der Waals surface area (Å²) >= 11 is 11.5. The van der Waals surface area contributed by atoms with Crippen molar-refractivity contribution in [3.63, 3.8) is 0 Å². The molecule has 134 valence electrons. The topological polar surface area (TPSA) is 50.8 Å². The predicted octanol–water partition coefficient (Wildman–Crippen LogP) is 4.01. The van der Waals surface area contributed by atoms with Crippen molar-refractivity contribution in [2.45, 2.75) is 6.92 Å². The quantitative estimate of drug-likeness (QED) is 0.619. The van der Waals surface area contributed by atoms with E-state index in [1.165, 1.54) is 4.90 Å². The molecule has 0 atom stereocenters. The van der Waals surface area contributed by atoms with Gasteiger partial charge in [-0.3, -0.25) is 9.69 Å². The summed E-state index contributed by atoms with van der Waals surface area (Å²) in [5.41, 5.74) is 1.58. The number of anilines is 1. The number of rotatable bonds is 5. The second kappa shape index (κ2) is 7.76. The lowest BCUT2D eigenvalue weighted by Gasteiger charge is -2.15. The summed E-state index contributed by atoms with van der Waals surface area (Å²) < 4.78 is 11.0. The summed E-state index contributed by atoms with van der Waals surface area (Å²) in [7, 11) is 1.56. The summed E-state index contributed by atoms with van der Waals surface area (Å²) in [5.74, 6) is 0.880. The van der Waals surface area contributed by atoms with Crippen molar-refractivity contribution in [2.24, 2.45) is 0 Å². The summed E-state index contributed by atoms with van der Waals surface area (Å²) in [6.07, 6.45) is 1.69. The van der Waals surface area contributed by atoms with Crippen LogP contribution >= 0.6 is 23.8 Å². The predicted molar refractivity (Wildman–Crippen MR) is 107 cm³/mol. The Labute approximate surface area is 162 Å². The van der Waals surface area contributed by atoms with Gasteiger partial charge in [0.25, 0.3) is 5.91 Å². The maximum Gasteiger partial charge on any atom is 0.281 e. The lowest BCUT2D eigenvalue weighted by atomic mass is 10.1. The van der Waals surface area contributed by atoms with E-state index >= 15 is 0 Å². The molecule has 0 radical (unpaired) electrons. The Bertz CT molecular complexity index is 898. The molecule has 1 aliphatic heterocycles. The largest absolute Gasteiger partial charge is 0.492 e. The summed E-state index contributed by atoms with van der Waals surface area (Å²) in [6.45, 7) is 2.41. The second-order valence-electron chi connectivity index (χ2n) is 5.39. The van der Waals surface area contributed by atoms with E-state index in [2.05, 4.69) is 5.32 Å². The van der Waals surface area contributed by atoms with E-state index in [9.17, 15) is 4.79 Å². The number of methoxy groups -OCH3 is 1. The van der Waals surface area contributed by atoms with Crippen LogP contribution in [0.5, 0.6) is 11.5 Å². The van der Waals surface area contributed by atoms with Crippen molar-refractivity contribution in [2.75, 3.05) is 18.6 Å². The van der Waals surface area contributed by atoms with Crippen molar-refractivity contribution < 1.29 is 14.3 Å². The van der Waals surface area contributed by atoms with E-state index in [0.717, 1.165) is 0 Å². The Kier molecular flexibility index (Phi) is 5.44. The number of amides is 1. The standard InChI is InChI=1S/C19H17ClN2O3S/c1-3-25-16-10-6-7-12(17(16)24-2)11-14-18(23)22(19(26)21-14)15-9-5-4-8-13(15)20/h4-11H,3H2,1-2H3,(H,21,26)/b14-11-. The number of para-hydroxylation sites is 2. The molecular weight excluding hydrogens is 372 g/mol. The molecular formula is C19H17ClN2O3S. The average Bonchev–Trinajstić information content (AvgIpc) is 2.90. The van der Waals surface area contributed by atoms with Gasteiger partial charge in [-0.15, -0.1) is 0 Å². The molecule has 1 fully saturated rings. The van der Waals surface area contributed by atoms with E-state index in [4.69, 9.17) is 33.3 Å². The first kappa shape index (κ1) is 18.2. The number of hydrogen-bond donors (Lipinski definition) is 1. The maximum atomic E-state index is 12.9. The van der Waals surface area contributed by atoms with Gasteiger partial charge in [-0.25, -0.2) is 0 Å². The minimum atomic E-state index is -0.285. The molecule has 1 amide bonds. The van der Waals surface area contributed by atoms with Crippen LogP contribution in [0.15, 0.2) is 48.2 Å². The highest BCUT2D eigenvalue weighted by Gasteiger charge is 2.33. The molecule has 0 aromatic heterocycles. The van der Waals surface area contributed by atoms with E-state index in [1.54, 1.807) is 37.5 Å². The Hall–Kier alpha value is -2.57. The number of ether oxygens (including phenoxy) is 2. The minimum Gasteiger partial charge on any atom is -0.492 e. The smallest absolute Gasteiger partial charge is 0.281 e. The lowest BCUT2D eigenvalue weighted by molar-refractivity contribution is -0.113. The molecule has 2 aromatic carbocycles. The van der Waals surface area contributed by atoms with Crippen molar-refractivity contribution >= 4 is 46.6 Å². The zero-order chi connectivity index (χ0) is 18.7. The first-order valence-corrected chi connectivity index (χ1v) is 8.77. The highest BCUT2D eigenvalue weighted by molar-refractivity contribution is 7.80. The van der Waals surface area contributed by atoms with Gasteiger partial charge in [-0.05, 0) is 43.4 Å². The third kappa shape index (κ3) is 3.38. The molecule has 0 bridgehead atoms. The van der Waals surface area contributed by atoms with Crippen molar-refractivity contribution in [1.29, 1.82) is 0 Å². The fraction of sp³-hybridized carbons (Fsp3) is 0.158. The van der Waals surface area contributed by atoms with Gasteiger partial charge in [0.2, 0.25) is 0 Å². The van der Waals surface area contributed by atoms with Gasteiger partial charge in [-0.1, -0.05) is 35.9 Å². The molecule has 5 nitrogen and oxygen atoms in total. The van der Waals surface area contributed by atoms with Crippen LogP contribution in [0.2, 0.25) is 5.02 Å². The molecule has 1 N–H and O–H groups in total. The normalized spacial score (nSPS) is 15.3. The van der Waals surface area contributed by atoms with Crippen molar-refractivity contribution in [3.8, 4) is 11.5 Å². The number of benzene rings is 2. The van der Waals surface area contributed by atoms with E-state index < -0.39 is 0 Å². The maximum absolute atomic E-state index is 12.9. The molecule has 1 aliphatic rings. The molecule has 26 heavy (non-hydrogen) atoms. The van der Waals surface area contributed by atoms with Gasteiger partial charge >= 0.3 is 0 Å². The molecule has 0 spiro atoms. The Balaban J connectivity index is 1.99. The van der Waals surface area contributed by atoms with Crippen LogP contribution in [0, 0.1) is 0 Å². The van der Waals surface area contributed by atoms with Crippen LogP contribution < -0.4 is 19.7 Å². The van der Waals surface area contributed by atoms with Crippen LogP contribution in [-0.2, 0) is 4.79 Å². The minimum absolute atomic E-state index is 0.272. The average molecular weight is 389 g/mol. The van der Waals surface area contributed by atoms with Gasteiger partial charge in [0.15, 0.2) is 16.6 Å². The number of nitrogens with zero attached hydrogens (tertiary/aromatic N) is 1. The zero-order valence-corrected chi connectivity index (χ0v) is 15.9. The third-order valence-corrected chi connectivity index (χ3v) is 4.39. The molecule has 2 aromatic rings. The highest BCUT2D eigenvalue weighted by Crippen LogP contribution is 2.34. The lowest BCUT2D eigenvalue weighted by Crippen LogP contribution is -2.30. The first-order chi connectivity index (χ1) is 12.6. The van der Waals surface area contributed by atoms with Gasteiger partial charge < -0.3 is 14.8 Å². The molecule has 7 heteroatoms. The van der Waals surface area contributed by atoms with Crippen LogP contribution in [0.4, 0.5) is 5.69 Å². The molecule has 0 unspecified atom stereocenters. The number of hydrogen-bond acceptors (Lipinski definition) is 4. The molecule has 1 heterocycles. The number of carbonyl (C=O) groups excluding carboxylic acids is 1. The number of thiocarbonyl (C=S) groups is 1. The van der Waals surface area contributed by atoms with Gasteiger partial charge in [-0.2, -0.15) is 0 Å². The van der Waals surface area contributed by atoms with Crippen molar-refractivity contribution in [1.82, 2.24) is 5.32 Å². The molecule has 0 saturated carbocycles. The first-order valence-electron chi connectivity index (χ1n) is 7.98. The van der Waals surface area contributed by atoms with E-state index in [-0.39, 0.29) is 11.0 Å². The Morgan fingerprint density at radius 1 is 1.23 bits per heavy atom.